The molecule has 1 rings (SSSR count). The Hall–Kier alpha value is -0.0831. The van der Waals surface area contributed by atoms with Gasteiger partial charge in [-0.25, -0.2) is 0 Å². The van der Waals surface area contributed by atoms with E-state index in [0.29, 0.717) is 5.04 Å². The van der Waals surface area contributed by atoms with Gasteiger partial charge in [-0.3, -0.25) is 0 Å². The lowest BCUT2D eigenvalue weighted by Crippen LogP contribution is -2.44. The average Bonchev–Trinajstić information content (AvgIpc) is 2.66. The second-order valence-corrected chi connectivity index (χ2v) is 10.4. The van der Waals surface area contributed by atoms with Gasteiger partial charge in [-0.15, -0.1) is 6.58 Å². The lowest BCUT2D eigenvalue weighted by atomic mass is 10.2. The SMILES string of the molecule is C=CC1(O[Si](C)(C)C(C)(C)C)CC1. The van der Waals surface area contributed by atoms with E-state index in [1.54, 1.807) is 0 Å². The summed E-state index contributed by atoms with van der Waals surface area (Å²) < 4.78 is 6.27. The van der Waals surface area contributed by atoms with Crippen LogP contribution in [0.4, 0.5) is 0 Å². The van der Waals surface area contributed by atoms with Crippen molar-refractivity contribution < 1.29 is 4.43 Å². The molecule has 1 aliphatic rings. The van der Waals surface area contributed by atoms with Gasteiger partial charge in [-0.1, -0.05) is 26.8 Å². The largest absolute Gasteiger partial charge is 0.408 e. The molecule has 0 saturated heterocycles. The van der Waals surface area contributed by atoms with Crippen molar-refractivity contribution in [3.8, 4) is 0 Å². The van der Waals surface area contributed by atoms with Gasteiger partial charge in [-0.2, -0.15) is 0 Å². The summed E-state index contributed by atoms with van der Waals surface area (Å²) in [6.45, 7) is 15.3. The summed E-state index contributed by atoms with van der Waals surface area (Å²) in [5, 5.41) is 0.311. The Morgan fingerprint density at radius 1 is 1.31 bits per heavy atom. The second kappa shape index (κ2) is 2.96. The molecule has 1 nitrogen and oxygen atoms in total. The molecular formula is C11H22OSi. The first kappa shape index (κ1) is 11.0. The van der Waals surface area contributed by atoms with E-state index in [0.717, 1.165) is 0 Å². The van der Waals surface area contributed by atoms with Crippen LogP contribution in [0.15, 0.2) is 12.7 Å². The van der Waals surface area contributed by atoms with Gasteiger partial charge in [0.05, 0.1) is 5.60 Å². The molecule has 0 bridgehead atoms. The molecule has 0 radical (unpaired) electrons. The molecule has 0 atom stereocenters. The Kier molecular flexibility index (Phi) is 2.50. The number of rotatable bonds is 3. The van der Waals surface area contributed by atoms with Gasteiger partial charge >= 0.3 is 0 Å². The summed E-state index contributed by atoms with van der Waals surface area (Å²) >= 11 is 0. The molecule has 1 aliphatic carbocycles. The van der Waals surface area contributed by atoms with E-state index >= 15 is 0 Å². The normalized spacial score (nSPS) is 21.3. The van der Waals surface area contributed by atoms with E-state index < -0.39 is 8.32 Å². The second-order valence-electron chi connectivity index (χ2n) is 5.63. The Morgan fingerprint density at radius 3 is 2.00 bits per heavy atom. The highest BCUT2D eigenvalue weighted by molar-refractivity contribution is 6.74. The van der Waals surface area contributed by atoms with Gasteiger partial charge < -0.3 is 4.43 Å². The first-order chi connectivity index (χ1) is 5.72. The molecule has 2 heteroatoms. The van der Waals surface area contributed by atoms with Crippen molar-refractivity contribution in [3.05, 3.63) is 12.7 Å². The maximum absolute atomic E-state index is 6.27. The van der Waals surface area contributed by atoms with Crippen LogP contribution in [-0.2, 0) is 4.43 Å². The van der Waals surface area contributed by atoms with Crippen LogP contribution in [0.5, 0.6) is 0 Å². The number of hydrogen-bond acceptors (Lipinski definition) is 1. The predicted octanol–water partition coefficient (Wildman–Crippen LogP) is 3.73. The van der Waals surface area contributed by atoms with Crippen LogP contribution in [0.25, 0.3) is 0 Å². The van der Waals surface area contributed by atoms with E-state index in [2.05, 4.69) is 40.4 Å². The number of hydrogen-bond donors (Lipinski definition) is 0. The molecule has 0 spiro atoms. The van der Waals surface area contributed by atoms with Crippen molar-refractivity contribution in [2.45, 2.75) is 57.3 Å². The standard InChI is InChI=1S/C11H22OSi/c1-7-11(8-9-11)12-13(5,6)10(2,3)4/h7H,1,8-9H2,2-6H3. The minimum absolute atomic E-state index is 0.0585. The molecule has 1 saturated carbocycles. The highest BCUT2D eigenvalue weighted by atomic mass is 28.4. The molecule has 0 N–H and O–H groups in total. The molecule has 0 aliphatic heterocycles. The van der Waals surface area contributed by atoms with E-state index in [1.165, 1.54) is 12.8 Å². The lowest BCUT2D eigenvalue weighted by molar-refractivity contribution is 0.206. The van der Waals surface area contributed by atoms with E-state index in [9.17, 15) is 0 Å². The zero-order valence-electron chi connectivity index (χ0n) is 9.61. The van der Waals surface area contributed by atoms with Crippen molar-refractivity contribution in [1.82, 2.24) is 0 Å². The van der Waals surface area contributed by atoms with Crippen LogP contribution in [0.3, 0.4) is 0 Å². The van der Waals surface area contributed by atoms with Gasteiger partial charge in [-0.05, 0) is 31.0 Å². The molecule has 0 unspecified atom stereocenters. The van der Waals surface area contributed by atoms with E-state index in [-0.39, 0.29) is 5.60 Å². The summed E-state index contributed by atoms with van der Waals surface area (Å²) in [5.41, 5.74) is 0.0585. The van der Waals surface area contributed by atoms with Crippen molar-refractivity contribution in [1.29, 1.82) is 0 Å². The summed E-state index contributed by atoms with van der Waals surface area (Å²) in [7, 11) is -1.57. The van der Waals surface area contributed by atoms with Crippen LogP contribution < -0.4 is 0 Å². The Labute approximate surface area is 83.3 Å². The van der Waals surface area contributed by atoms with Crippen molar-refractivity contribution >= 4 is 8.32 Å². The smallest absolute Gasteiger partial charge is 0.193 e. The Balaban J connectivity index is 2.67. The molecule has 0 amide bonds. The van der Waals surface area contributed by atoms with E-state index in [1.807, 2.05) is 6.08 Å². The zero-order chi connectivity index (χ0) is 10.3. The Morgan fingerprint density at radius 2 is 1.77 bits per heavy atom. The molecular weight excluding hydrogens is 176 g/mol. The zero-order valence-corrected chi connectivity index (χ0v) is 10.6. The van der Waals surface area contributed by atoms with Crippen molar-refractivity contribution in [2.75, 3.05) is 0 Å². The lowest BCUT2D eigenvalue weighted by Gasteiger charge is -2.38. The molecule has 1 fully saturated rings. The summed E-state index contributed by atoms with van der Waals surface area (Å²) in [4.78, 5) is 0. The topological polar surface area (TPSA) is 9.23 Å². The maximum atomic E-state index is 6.27. The van der Waals surface area contributed by atoms with Gasteiger partial charge in [0.2, 0.25) is 0 Å². The van der Waals surface area contributed by atoms with Crippen LogP contribution in [0.1, 0.15) is 33.6 Å². The first-order valence-electron chi connectivity index (χ1n) is 5.06. The third kappa shape index (κ3) is 2.23. The molecule has 13 heavy (non-hydrogen) atoms. The summed E-state index contributed by atoms with van der Waals surface area (Å²) in [5.74, 6) is 0. The average molecular weight is 198 g/mol. The minimum atomic E-state index is -1.57. The molecule has 0 aromatic carbocycles. The minimum Gasteiger partial charge on any atom is -0.408 e. The monoisotopic (exact) mass is 198 g/mol. The van der Waals surface area contributed by atoms with Crippen LogP contribution >= 0.6 is 0 Å². The van der Waals surface area contributed by atoms with Crippen molar-refractivity contribution in [2.24, 2.45) is 0 Å². The fourth-order valence-electron chi connectivity index (χ4n) is 1.13. The predicted molar refractivity (Wildman–Crippen MR) is 60.4 cm³/mol. The first-order valence-corrected chi connectivity index (χ1v) is 7.97. The van der Waals surface area contributed by atoms with Crippen LogP contribution in [0, 0.1) is 0 Å². The molecule has 0 aromatic heterocycles. The van der Waals surface area contributed by atoms with Crippen molar-refractivity contribution in [3.63, 3.8) is 0 Å². The summed E-state index contributed by atoms with van der Waals surface area (Å²) in [6.07, 6.45) is 4.33. The third-order valence-corrected chi connectivity index (χ3v) is 7.91. The quantitative estimate of drug-likeness (QED) is 0.496. The van der Waals surface area contributed by atoms with E-state index in [4.69, 9.17) is 4.43 Å². The molecule has 0 heterocycles. The highest BCUT2D eigenvalue weighted by Gasteiger charge is 2.49. The van der Waals surface area contributed by atoms with Gasteiger partial charge in [0.15, 0.2) is 8.32 Å². The highest BCUT2D eigenvalue weighted by Crippen LogP contribution is 2.48. The van der Waals surface area contributed by atoms with Gasteiger partial charge in [0.25, 0.3) is 0 Å². The maximum Gasteiger partial charge on any atom is 0.193 e. The fraction of sp³-hybridized carbons (Fsp3) is 0.818. The molecule has 76 valence electrons. The van der Waals surface area contributed by atoms with Crippen LogP contribution in [0.2, 0.25) is 18.1 Å². The van der Waals surface area contributed by atoms with Crippen LogP contribution in [-0.4, -0.2) is 13.9 Å². The fourth-order valence-corrected chi connectivity index (χ4v) is 2.74. The third-order valence-electron chi connectivity index (χ3n) is 3.38. The molecule has 0 aromatic rings. The summed E-state index contributed by atoms with van der Waals surface area (Å²) in [6, 6.07) is 0. The van der Waals surface area contributed by atoms with Gasteiger partial charge in [0.1, 0.15) is 0 Å². The van der Waals surface area contributed by atoms with Gasteiger partial charge in [0, 0.05) is 0 Å². The Bertz CT molecular complexity index is 209.